The highest BCUT2D eigenvalue weighted by molar-refractivity contribution is 5.80. The van der Waals surface area contributed by atoms with E-state index in [0.29, 0.717) is 0 Å². The van der Waals surface area contributed by atoms with Crippen LogP contribution in [0.1, 0.15) is 5.56 Å². The van der Waals surface area contributed by atoms with Gasteiger partial charge in [0.25, 0.3) is 0 Å². The summed E-state index contributed by atoms with van der Waals surface area (Å²) in [5.74, 6) is -2.36. The van der Waals surface area contributed by atoms with Crippen molar-refractivity contribution in [2.24, 2.45) is 0 Å². The summed E-state index contributed by atoms with van der Waals surface area (Å²) in [4.78, 5) is 10.1. The summed E-state index contributed by atoms with van der Waals surface area (Å²) in [6.45, 7) is 1.44. The van der Waals surface area contributed by atoms with E-state index in [0.717, 1.165) is 24.4 Å². The second-order valence-electron chi connectivity index (χ2n) is 2.90. The van der Waals surface area contributed by atoms with Crippen molar-refractivity contribution in [2.75, 3.05) is 5.32 Å². The van der Waals surface area contributed by atoms with Crippen LogP contribution in [0.15, 0.2) is 24.4 Å². The molecule has 0 amide bonds. The molecule has 0 unspecified atom stereocenters. The van der Waals surface area contributed by atoms with Crippen LogP contribution in [0.5, 0.6) is 0 Å². The number of hydrogen-bond donors (Lipinski definition) is 2. The first-order valence-electron chi connectivity index (χ1n) is 4.12. The summed E-state index contributed by atoms with van der Waals surface area (Å²) >= 11 is 0. The van der Waals surface area contributed by atoms with Gasteiger partial charge in [-0.15, -0.1) is 0 Å². The van der Waals surface area contributed by atoms with Crippen molar-refractivity contribution in [3.63, 3.8) is 0 Å². The van der Waals surface area contributed by atoms with Crippen molar-refractivity contribution in [3.05, 3.63) is 41.6 Å². The van der Waals surface area contributed by atoms with E-state index in [-0.39, 0.29) is 11.3 Å². The summed E-state index contributed by atoms with van der Waals surface area (Å²) in [5.41, 5.74) is 0.0934. The molecule has 0 radical (unpaired) electrons. The normalized spacial score (nSPS) is 10.6. The molecule has 1 aromatic rings. The lowest BCUT2D eigenvalue weighted by Crippen LogP contribution is -1.96. The molecule has 0 aliphatic rings. The number of carbonyl (C=O) groups is 1. The molecule has 80 valence electrons. The molecule has 2 N–H and O–H groups in total. The van der Waals surface area contributed by atoms with Crippen molar-refractivity contribution in [3.8, 4) is 0 Å². The maximum atomic E-state index is 13.1. The predicted molar refractivity (Wildman–Crippen MR) is 51.5 cm³/mol. The topological polar surface area (TPSA) is 49.3 Å². The lowest BCUT2D eigenvalue weighted by atomic mass is 10.2. The molecule has 0 bridgehead atoms. The minimum absolute atomic E-state index is 0.101. The molecule has 0 heterocycles. The lowest BCUT2D eigenvalue weighted by Gasteiger charge is -2.04. The van der Waals surface area contributed by atoms with Gasteiger partial charge in [-0.2, -0.15) is 0 Å². The third kappa shape index (κ3) is 3.05. The highest BCUT2D eigenvalue weighted by Crippen LogP contribution is 2.18. The lowest BCUT2D eigenvalue weighted by molar-refractivity contribution is -0.131. The number of aliphatic carboxylic acids is 1. The highest BCUT2D eigenvalue weighted by atomic mass is 19.1. The van der Waals surface area contributed by atoms with Crippen molar-refractivity contribution in [1.29, 1.82) is 0 Å². The summed E-state index contributed by atoms with van der Waals surface area (Å²) < 4.78 is 26.1. The van der Waals surface area contributed by atoms with Gasteiger partial charge in [0.1, 0.15) is 11.6 Å². The zero-order chi connectivity index (χ0) is 11.4. The number of anilines is 1. The van der Waals surface area contributed by atoms with Gasteiger partial charge in [-0.25, -0.2) is 13.6 Å². The fourth-order valence-electron chi connectivity index (χ4n) is 0.960. The number of carboxylic acid groups (broad SMARTS) is 1. The Morgan fingerprint density at radius 1 is 1.40 bits per heavy atom. The van der Waals surface area contributed by atoms with Crippen LogP contribution in [-0.2, 0) is 4.79 Å². The molecule has 0 saturated heterocycles. The number of aryl methyl sites for hydroxylation is 1. The first-order valence-corrected chi connectivity index (χ1v) is 4.12. The smallest absolute Gasteiger partial charge is 0.329 e. The Morgan fingerprint density at radius 3 is 2.67 bits per heavy atom. The van der Waals surface area contributed by atoms with Crippen LogP contribution in [0.3, 0.4) is 0 Å². The van der Waals surface area contributed by atoms with E-state index in [1.165, 1.54) is 6.92 Å². The van der Waals surface area contributed by atoms with E-state index in [4.69, 9.17) is 5.11 Å². The zero-order valence-corrected chi connectivity index (χ0v) is 7.92. The van der Waals surface area contributed by atoms with Gasteiger partial charge < -0.3 is 10.4 Å². The summed E-state index contributed by atoms with van der Waals surface area (Å²) in [7, 11) is 0. The molecule has 0 saturated carbocycles. The van der Waals surface area contributed by atoms with E-state index >= 15 is 0 Å². The van der Waals surface area contributed by atoms with Gasteiger partial charge in [-0.1, -0.05) is 0 Å². The molecule has 1 rings (SSSR count). The highest BCUT2D eigenvalue weighted by Gasteiger charge is 2.05. The average molecular weight is 213 g/mol. The SMILES string of the molecule is Cc1cc(F)c(N/C=C/C(=O)O)cc1F. The Morgan fingerprint density at radius 2 is 2.07 bits per heavy atom. The quantitative estimate of drug-likeness (QED) is 0.757. The van der Waals surface area contributed by atoms with Gasteiger partial charge in [0.15, 0.2) is 0 Å². The molecule has 15 heavy (non-hydrogen) atoms. The van der Waals surface area contributed by atoms with Gasteiger partial charge in [0, 0.05) is 18.3 Å². The molecular weight excluding hydrogens is 204 g/mol. The predicted octanol–water partition coefficient (Wildman–Crippen LogP) is 2.28. The van der Waals surface area contributed by atoms with Crippen LogP contribution >= 0.6 is 0 Å². The standard InChI is InChI=1S/C10H9F2NO2/c1-6-4-8(12)9(5-7(6)11)13-3-2-10(14)15/h2-5,13H,1H3,(H,14,15)/b3-2+. The number of halogens is 2. The largest absolute Gasteiger partial charge is 0.478 e. The minimum atomic E-state index is -1.17. The monoisotopic (exact) mass is 213 g/mol. The molecule has 0 spiro atoms. The Balaban J connectivity index is 2.86. The third-order valence-corrected chi connectivity index (χ3v) is 1.71. The number of rotatable bonds is 3. The molecule has 0 aliphatic carbocycles. The molecule has 1 aromatic carbocycles. The fraction of sp³-hybridized carbons (Fsp3) is 0.100. The summed E-state index contributed by atoms with van der Waals surface area (Å²) in [6, 6.07) is 2.00. The maximum Gasteiger partial charge on any atom is 0.329 e. The van der Waals surface area contributed by atoms with Crippen LogP contribution in [0.4, 0.5) is 14.5 Å². The second-order valence-corrected chi connectivity index (χ2v) is 2.90. The fourth-order valence-corrected chi connectivity index (χ4v) is 0.960. The Hall–Kier alpha value is -1.91. The second kappa shape index (κ2) is 4.54. The number of hydrogen-bond acceptors (Lipinski definition) is 2. The van der Waals surface area contributed by atoms with Gasteiger partial charge in [0.05, 0.1) is 5.69 Å². The molecule has 3 nitrogen and oxygen atoms in total. The number of carboxylic acids is 1. The summed E-state index contributed by atoms with van der Waals surface area (Å²) in [5, 5.41) is 10.6. The van der Waals surface area contributed by atoms with Gasteiger partial charge >= 0.3 is 5.97 Å². The van der Waals surface area contributed by atoms with Crippen LogP contribution in [0.2, 0.25) is 0 Å². The number of benzene rings is 1. The van der Waals surface area contributed by atoms with Gasteiger partial charge in [-0.05, 0) is 18.6 Å². The molecule has 5 heteroatoms. The Kier molecular flexibility index (Phi) is 3.38. The molecule has 0 aromatic heterocycles. The van der Waals surface area contributed by atoms with Crippen molar-refractivity contribution >= 4 is 11.7 Å². The van der Waals surface area contributed by atoms with Crippen molar-refractivity contribution in [2.45, 2.75) is 6.92 Å². The molecular formula is C10H9F2NO2. The van der Waals surface area contributed by atoms with Crippen LogP contribution in [-0.4, -0.2) is 11.1 Å². The molecule has 0 fully saturated rings. The van der Waals surface area contributed by atoms with E-state index in [9.17, 15) is 13.6 Å². The minimum Gasteiger partial charge on any atom is -0.478 e. The van der Waals surface area contributed by atoms with Gasteiger partial charge in [0.2, 0.25) is 0 Å². The summed E-state index contributed by atoms with van der Waals surface area (Å²) in [6.07, 6.45) is 1.81. The van der Waals surface area contributed by atoms with E-state index in [1.807, 2.05) is 0 Å². The van der Waals surface area contributed by atoms with Crippen LogP contribution in [0, 0.1) is 18.6 Å². The average Bonchev–Trinajstić information content (AvgIpc) is 2.13. The first-order chi connectivity index (χ1) is 7.00. The van der Waals surface area contributed by atoms with E-state index in [1.54, 1.807) is 0 Å². The third-order valence-electron chi connectivity index (χ3n) is 1.71. The Labute approximate surface area is 85.0 Å². The Bertz CT molecular complexity index is 416. The van der Waals surface area contributed by atoms with E-state index in [2.05, 4.69) is 5.32 Å². The van der Waals surface area contributed by atoms with Crippen molar-refractivity contribution < 1.29 is 18.7 Å². The van der Waals surface area contributed by atoms with Crippen LogP contribution < -0.4 is 5.32 Å². The zero-order valence-electron chi connectivity index (χ0n) is 7.92. The molecule has 0 atom stereocenters. The van der Waals surface area contributed by atoms with Gasteiger partial charge in [-0.3, -0.25) is 0 Å². The maximum absolute atomic E-state index is 13.1. The van der Waals surface area contributed by atoms with Crippen molar-refractivity contribution in [1.82, 2.24) is 0 Å². The number of nitrogens with one attached hydrogen (secondary N) is 1. The molecule has 0 aliphatic heterocycles. The van der Waals surface area contributed by atoms with E-state index < -0.39 is 17.6 Å². The first kappa shape index (κ1) is 11.2. The van der Waals surface area contributed by atoms with Crippen LogP contribution in [0.25, 0.3) is 0 Å².